The zero-order valence-corrected chi connectivity index (χ0v) is 18.6. The topological polar surface area (TPSA) is 92.7 Å². The lowest BCUT2D eigenvalue weighted by Crippen LogP contribution is -2.05. The summed E-state index contributed by atoms with van der Waals surface area (Å²) < 4.78 is 0.825. The SMILES string of the molecule is CC(=O)Nc1cccc(Nc2nnc(Sc3ncnc4sc5c(c34)CCCC5)s2)c1. The van der Waals surface area contributed by atoms with Crippen LogP contribution < -0.4 is 10.6 Å². The van der Waals surface area contributed by atoms with Gasteiger partial charge in [0, 0.05) is 28.6 Å². The largest absolute Gasteiger partial charge is 0.330 e. The maximum absolute atomic E-state index is 11.3. The van der Waals surface area contributed by atoms with Crippen molar-refractivity contribution in [1.29, 1.82) is 0 Å². The van der Waals surface area contributed by atoms with E-state index in [0.717, 1.165) is 38.4 Å². The Labute approximate surface area is 185 Å². The maximum atomic E-state index is 11.3. The zero-order chi connectivity index (χ0) is 20.5. The average Bonchev–Trinajstić information content (AvgIpc) is 3.32. The van der Waals surface area contributed by atoms with E-state index >= 15 is 0 Å². The fourth-order valence-electron chi connectivity index (χ4n) is 3.52. The van der Waals surface area contributed by atoms with Crippen LogP contribution in [0.3, 0.4) is 0 Å². The molecule has 3 aromatic heterocycles. The second kappa shape index (κ2) is 8.29. The summed E-state index contributed by atoms with van der Waals surface area (Å²) in [6.07, 6.45) is 6.36. The maximum Gasteiger partial charge on any atom is 0.221 e. The molecular formula is C20H18N6OS3. The monoisotopic (exact) mass is 454 g/mol. The van der Waals surface area contributed by atoms with Gasteiger partial charge in [-0.05, 0) is 61.2 Å². The molecule has 1 aliphatic rings. The molecule has 0 unspecified atom stereocenters. The first kappa shape index (κ1) is 19.4. The van der Waals surface area contributed by atoms with Crippen molar-refractivity contribution < 1.29 is 4.79 Å². The van der Waals surface area contributed by atoms with Crippen LogP contribution in [0.4, 0.5) is 16.5 Å². The van der Waals surface area contributed by atoms with Gasteiger partial charge in [-0.3, -0.25) is 4.79 Å². The summed E-state index contributed by atoms with van der Waals surface area (Å²) in [4.78, 5) is 22.8. The summed E-state index contributed by atoms with van der Waals surface area (Å²) in [5.74, 6) is -0.103. The van der Waals surface area contributed by atoms with E-state index < -0.39 is 0 Å². The van der Waals surface area contributed by atoms with Crippen LogP contribution in [0.15, 0.2) is 40.0 Å². The van der Waals surface area contributed by atoms with Crippen LogP contribution in [0, 0.1) is 0 Å². The number of benzene rings is 1. The number of hydrogen-bond donors (Lipinski definition) is 2. The lowest BCUT2D eigenvalue weighted by molar-refractivity contribution is -0.114. The average molecular weight is 455 g/mol. The molecule has 1 aliphatic carbocycles. The highest BCUT2D eigenvalue weighted by Crippen LogP contribution is 2.42. The molecule has 0 radical (unpaired) electrons. The summed E-state index contributed by atoms with van der Waals surface area (Å²) in [6.45, 7) is 1.49. The number of nitrogens with zero attached hydrogens (tertiary/aromatic N) is 4. The summed E-state index contributed by atoms with van der Waals surface area (Å²) in [5, 5.41) is 17.5. The molecule has 0 spiro atoms. The Hall–Kier alpha value is -2.56. The molecule has 2 N–H and O–H groups in total. The van der Waals surface area contributed by atoms with Crippen molar-refractivity contribution >= 4 is 67.1 Å². The van der Waals surface area contributed by atoms with E-state index in [1.807, 2.05) is 24.3 Å². The number of thiophene rings is 1. The fourth-order valence-corrected chi connectivity index (χ4v) is 6.62. The molecule has 0 saturated carbocycles. The normalized spacial score (nSPS) is 13.2. The van der Waals surface area contributed by atoms with E-state index in [1.54, 1.807) is 29.4 Å². The molecule has 0 bridgehead atoms. The molecule has 0 saturated heterocycles. The number of aryl methyl sites for hydroxylation is 2. The van der Waals surface area contributed by atoms with Gasteiger partial charge in [0.1, 0.15) is 16.2 Å². The van der Waals surface area contributed by atoms with Gasteiger partial charge in [0.25, 0.3) is 0 Å². The van der Waals surface area contributed by atoms with E-state index in [9.17, 15) is 4.79 Å². The van der Waals surface area contributed by atoms with Crippen LogP contribution in [-0.4, -0.2) is 26.1 Å². The van der Waals surface area contributed by atoms with Gasteiger partial charge in [-0.2, -0.15) is 0 Å². The Morgan fingerprint density at radius 1 is 1.10 bits per heavy atom. The lowest BCUT2D eigenvalue weighted by Gasteiger charge is -2.10. The second-order valence-corrected chi connectivity index (χ2v) is 10.2. The minimum atomic E-state index is -0.103. The first-order chi connectivity index (χ1) is 14.7. The van der Waals surface area contributed by atoms with Gasteiger partial charge >= 0.3 is 0 Å². The zero-order valence-electron chi connectivity index (χ0n) is 16.1. The smallest absolute Gasteiger partial charge is 0.221 e. The van der Waals surface area contributed by atoms with Crippen LogP contribution in [0.5, 0.6) is 0 Å². The van der Waals surface area contributed by atoms with Gasteiger partial charge in [-0.1, -0.05) is 17.4 Å². The summed E-state index contributed by atoms with van der Waals surface area (Å²) >= 11 is 4.81. The van der Waals surface area contributed by atoms with Crippen molar-refractivity contribution in [1.82, 2.24) is 20.2 Å². The minimum absolute atomic E-state index is 0.103. The highest BCUT2D eigenvalue weighted by molar-refractivity contribution is 8.01. The second-order valence-electron chi connectivity index (χ2n) is 6.93. The number of aromatic nitrogens is 4. The highest BCUT2D eigenvalue weighted by atomic mass is 32.2. The van der Waals surface area contributed by atoms with Gasteiger partial charge in [-0.15, -0.1) is 21.5 Å². The van der Waals surface area contributed by atoms with Crippen LogP contribution in [-0.2, 0) is 17.6 Å². The number of carbonyl (C=O) groups excluding carboxylic acids is 1. The molecule has 1 aromatic carbocycles. The van der Waals surface area contributed by atoms with Gasteiger partial charge in [0.2, 0.25) is 11.0 Å². The number of carbonyl (C=O) groups is 1. The molecule has 152 valence electrons. The molecule has 5 rings (SSSR count). The first-order valence-electron chi connectivity index (χ1n) is 9.57. The Bertz CT molecular complexity index is 1230. The number of amides is 1. The Morgan fingerprint density at radius 2 is 1.97 bits per heavy atom. The predicted octanol–water partition coefficient (Wildman–Crippen LogP) is 5.27. The molecule has 10 heteroatoms. The molecule has 0 aliphatic heterocycles. The Morgan fingerprint density at radius 3 is 2.87 bits per heavy atom. The molecule has 3 heterocycles. The Balaban J connectivity index is 1.37. The minimum Gasteiger partial charge on any atom is -0.330 e. The van der Waals surface area contributed by atoms with Crippen molar-refractivity contribution in [3.05, 3.63) is 41.0 Å². The standard InChI is InChI=1S/C20H18N6OS3/c1-11(27)23-12-5-4-6-13(9-12)24-19-25-26-20(30-19)29-18-16-14-7-2-3-8-15(14)28-17(16)21-10-22-18/h4-6,9-10H,2-3,7-8H2,1H3,(H,23,27)(H,24,25). The number of fused-ring (bicyclic) bond motifs is 3. The van der Waals surface area contributed by atoms with E-state index in [1.165, 1.54) is 46.9 Å². The number of nitrogens with one attached hydrogen (secondary N) is 2. The van der Waals surface area contributed by atoms with Gasteiger partial charge in [0.15, 0.2) is 4.34 Å². The lowest BCUT2D eigenvalue weighted by atomic mass is 9.97. The van der Waals surface area contributed by atoms with Crippen molar-refractivity contribution in [2.24, 2.45) is 0 Å². The molecule has 1 amide bonds. The predicted molar refractivity (Wildman–Crippen MR) is 122 cm³/mol. The Kier molecular flexibility index (Phi) is 5.36. The van der Waals surface area contributed by atoms with Crippen molar-refractivity contribution in [2.45, 2.75) is 42.0 Å². The molecule has 0 fully saturated rings. The van der Waals surface area contributed by atoms with Gasteiger partial charge in [-0.25, -0.2) is 9.97 Å². The van der Waals surface area contributed by atoms with Crippen molar-refractivity contribution in [3.8, 4) is 0 Å². The van der Waals surface area contributed by atoms with E-state index in [2.05, 4.69) is 30.8 Å². The summed E-state index contributed by atoms with van der Waals surface area (Å²) in [6, 6.07) is 7.50. The third-order valence-electron chi connectivity index (χ3n) is 4.74. The van der Waals surface area contributed by atoms with Crippen LogP contribution in [0.2, 0.25) is 0 Å². The third-order valence-corrected chi connectivity index (χ3v) is 7.83. The molecule has 0 atom stereocenters. The van der Waals surface area contributed by atoms with E-state index in [-0.39, 0.29) is 5.91 Å². The molecular weight excluding hydrogens is 436 g/mol. The van der Waals surface area contributed by atoms with E-state index in [4.69, 9.17) is 0 Å². The van der Waals surface area contributed by atoms with Crippen LogP contribution in [0.25, 0.3) is 10.2 Å². The molecule has 7 nitrogen and oxygen atoms in total. The first-order valence-corrected chi connectivity index (χ1v) is 12.0. The van der Waals surface area contributed by atoms with Crippen molar-refractivity contribution in [3.63, 3.8) is 0 Å². The number of rotatable bonds is 5. The third kappa shape index (κ3) is 4.03. The fraction of sp³-hybridized carbons (Fsp3) is 0.250. The van der Waals surface area contributed by atoms with Crippen LogP contribution in [0.1, 0.15) is 30.2 Å². The van der Waals surface area contributed by atoms with Crippen LogP contribution >= 0.6 is 34.4 Å². The van der Waals surface area contributed by atoms with Gasteiger partial charge < -0.3 is 10.6 Å². The van der Waals surface area contributed by atoms with Gasteiger partial charge in [0.05, 0.1) is 0 Å². The quantitative estimate of drug-likeness (QED) is 0.397. The molecule has 4 aromatic rings. The highest BCUT2D eigenvalue weighted by Gasteiger charge is 2.21. The van der Waals surface area contributed by atoms with E-state index in [0.29, 0.717) is 5.13 Å². The number of hydrogen-bond acceptors (Lipinski definition) is 9. The number of anilines is 3. The van der Waals surface area contributed by atoms with Crippen molar-refractivity contribution in [2.75, 3.05) is 10.6 Å². The molecule has 30 heavy (non-hydrogen) atoms. The summed E-state index contributed by atoms with van der Waals surface area (Å²) in [5.41, 5.74) is 2.99. The summed E-state index contributed by atoms with van der Waals surface area (Å²) in [7, 11) is 0.